The van der Waals surface area contributed by atoms with Crippen LogP contribution in [0.25, 0.3) is 0 Å². The largest absolute Gasteiger partial charge is 0.399 e. The molecule has 0 atom stereocenters. The quantitative estimate of drug-likeness (QED) is 0.678. The third kappa shape index (κ3) is 2.50. The third-order valence-electron chi connectivity index (χ3n) is 3.10. The van der Waals surface area contributed by atoms with Crippen molar-refractivity contribution in [3.05, 3.63) is 23.8 Å². The number of benzene rings is 1. The van der Waals surface area contributed by atoms with E-state index < -0.39 is 5.91 Å². The summed E-state index contributed by atoms with van der Waals surface area (Å²) < 4.78 is 5.20. The first-order valence-corrected chi connectivity index (χ1v) is 5.59. The highest BCUT2D eigenvalue weighted by Gasteiger charge is 2.29. The molecule has 5 heteroatoms. The smallest absolute Gasteiger partial charge is 0.250 e. The average molecular weight is 235 g/mol. The Kier molecular flexibility index (Phi) is 3.19. The SMILES string of the molecule is COC1CC(Nc2ccc(N)cc2C(N)=O)C1. The second-order valence-electron chi connectivity index (χ2n) is 4.34. The van der Waals surface area contributed by atoms with Crippen LogP contribution in [0.1, 0.15) is 23.2 Å². The molecule has 1 fully saturated rings. The number of carbonyl (C=O) groups excluding carboxylic acids is 1. The number of carbonyl (C=O) groups is 1. The Morgan fingerprint density at radius 2 is 2.18 bits per heavy atom. The number of hydrogen-bond acceptors (Lipinski definition) is 4. The molecule has 0 unspecified atom stereocenters. The van der Waals surface area contributed by atoms with Crippen LogP contribution in [0.4, 0.5) is 11.4 Å². The summed E-state index contributed by atoms with van der Waals surface area (Å²) in [6.45, 7) is 0. The average Bonchev–Trinajstić information content (AvgIpc) is 2.24. The summed E-state index contributed by atoms with van der Waals surface area (Å²) in [4.78, 5) is 11.3. The number of nitrogen functional groups attached to an aromatic ring is 1. The standard InChI is InChI=1S/C12H17N3O2/c1-17-9-5-8(6-9)15-11-3-2-7(13)4-10(11)12(14)16/h2-4,8-9,15H,5-6,13H2,1H3,(H2,14,16). The maximum absolute atomic E-state index is 11.3. The summed E-state index contributed by atoms with van der Waals surface area (Å²) in [7, 11) is 1.71. The van der Waals surface area contributed by atoms with Gasteiger partial charge in [-0.25, -0.2) is 0 Å². The molecule has 92 valence electrons. The molecule has 0 saturated heterocycles. The van der Waals surface area contributed by atoms with Gasteiger partial charge in [0.1, 0.15) is 0 Å². The van der Waals surface area contributed by atoms with Gasteiger partial charge < -0.3 is 21.5 Å². The first-order valence-electron chi connectivity index (χ1n) is 5.59. The number of amides is 1. The minimum absolute atomic E-state index is 0.318. The molecule has 17 heavy (non-hydrogen) atoms. The number of ether oxygens (including phenoxy) is 1. The minimum Gasteiger partial charge on any atom is -0.399 e. The van der Waals surface area contributed by atoms with Crippen molar-refractivity contribution in [1.82, 2.24) is 0 Å². The number of nitrogens with one attached hydrogen (secondary N) is 1. The van der Waals surface area contributed by atoms with E-state index in [1.54, 1.807) is 25.3 Å². The molecule has 5 nitrogen and oxygen atoms in total. The van der Waals surface area contributed by atoms with Gasteiger partial charge in [-0.15, -0.1) is 0 Å². The van der Waals surface area contributed by atoms with Crippen LogP contribution in [0, 0.1) is 0 Å². The van der Waals surface area contributed by atoms with Crippen LogP contribution in [0.2, 0.25) is 0 Å². The van der Waals surface area contributed by atoms with Crippen molar-refractivity contribution in [2.24, 2.45) is 5.73 Å². The van der Waals surface area contributed by atoms with Crippen molar-refractivity contribution in [3.8, 4) is 0 Å². The van der Waals surface area contributed by atoms with Crippen LogP contribution in [-0.2, 0) is 4.74 Å². The van der Waals surface area contributed by atoms with E-state index in [0.717, 1.165) is 18.5 Å². The van der Waals surface area contributed by atoms with Gasteiger partial charge in [0, 0.05) is 24.5 Å². The number of hydrogen-bond donors (Lipinski definition) is 3. The van der Waals surface area contributed by atoms with Gasteiger partial charge in [0.25, 0.3) is 5.91 Å². The second-order valence-corrected chi connectivity index (χ2v) is 4.34. The molecule has 1 aromatic carbocycles. The lowest BCUT2D eigenvalue weighted by Gasteiger charge is -2.35. The van der Waals surface area contributed by atoms with Crippen LogP contribution >= 0.6 is 0 Å². The zero-order valence-electron chi connectivity index (χ0n) is 9.77. The molecular formula is C12H17N3O2. The van der Waals surface area contributed by atoms with Crippen LogP contribution < -0.4 is 16.8 Å². The predicted octanol–water partition coefficient (Wildman–Crippen LogP) is 0.957. The third-order valence-corrected chi connectivity index (χ3v) is 3.10. The van der Waals surface area contributed by atoms with Crippen molar-refractivity contribution in [2.75, 3.05) is 18.2 Å². The maximum Gasteiger partial charge on any atom is 0.250 e. The molecule has 0 bridgehead atoms. The first-order chi connectivity index (χ1) is 8.10. The molecule has 1 aromatic rings. The highest BCUT2D eigenvalue weighted by Crippen LogP contribution is 2.28. The van der Waals surface area contributed by atoms with E-state index in [-0.39, 0.29) is 0 Å². The molecule has 0 aliphatic heterocycles. The first kappa shape index (κ1) is 11.7. The Balaban J connectivity index is 2.08. The lowest BCUT2D eigenvalue weighted by molar-refractivity contribution is 0.0328. The van der Waals surface area contributed by atoms with E-state index >= 15 is 0 Å². The summed E-state index contributed by atoms with van der Waals surface area (Å²) in [6.07, 6.45) is 2.20. The van der Waals surface area contributed by atoms with Crippen molar-refractivity contribution in [3.63, 3.8) is 0 Å². The van der Waals surface area contributed by atoms with Crippen LogP contribution in [0.15, 0.2) is 18.2 Å². The van der Waals surface area contributed by atoms with Gasteiger partial charge >= 0.3 is 0 Å². The predicted molar refractivity (Wildman–Crippen MR) is 66.8 cm³/mol. The van der Waals surface area contributed by atoms with Crippen molar-refractivity contribution < 1.29 is 9.53 Å². The van der Waals surface area contributed by atoms with E-state index in [1.165, 1.54) is 0 Å². The van der Waals surface area contributed by atoms with Gasteiger partial charge in [-0.1, -0.05) is 0 Å². The molecule has 0 radical (unpaired) electrons. The molecule has 1 aliphatic carbocycles. The zero-order valence-corrected chi connectivity index (χ0v) is 9.77. The summed E-state index contributed by atoms with van der Waals surface area (Å²) in [5.41, 5.74) is 12.7. The topological polar surface area (TPSA) is 90.4 Å². The highest BCUT2D eigenvalue weighted by molar-refractivity contribution is 5.99. The number of anilines is 2. The molecule has 1 aliphatic rings. The van der Waals surface area contributed by atoms with E-state index in [2.05, 4.69) is 5.32 Å². The second kappa shape index (κ2) is 4.63. The fourth-order valence-electron chi connectivity index (χ4n) is 1.99. The lowest BCUT2D eigenvalue weighted by Crippen LogP contribution is -2.40. The van der Waals surface area contributed by atoms with Gasteiger partial charge in [0.2, 0.25) is 0 Å². The van der Waals surface area contributed by atoms with Gasteiger partial charge in [0.05, 0.1) is 11.7 Å². The Bertz CT molecular complexity index is 428. The molecule has 5 N–H and O–H groups in total. The molecule has 1 amide bonds. The molecular weight excluding hydrogens is 218 g/mol. The Morgan fingerprint density at radius 1 is 1.47 bits per heavy atom. The van der Waals surface area contributed by atoms with Gasteiger partial charge in [-0.3, -0.25) is 4.79 Å². The van der Waals surface area contributed by atoms with E-state index in [1.807, 2.05) is 0 Å². The van der Waals surface area contributed by atoms with E-state index in [0.29, 0.717) is 23.4 Å². The van der Waals surface area contributed by atoms with Crippen LogP contribution in [0.5, 0.6) is 0 Å². The summed E-state index contributed by atoms with van der Waals surface area (Å²) in [5, 5.41) is 3.28. The molecule has 2 rings (SSSR count). The molecule has 0 spiro atoms. The van der Waals surface area contributed by atoms with Gasteiger partial charge in [-0.2, -0.15) is 0 Å². The summed E-state index contributed by atoms with van der Waals surface area (Å²) in [5.74, 6) is -0.470. The monoisotopic (exact) mass is 235 g/mol. The Labute approximate surface area is 100 Å². The van der Waals surface area contributed by atoms with Crippen LogP contribution in [-0.4, -0.2) is 25.2 Å². The highest BCUT2D eigenvalue weighted by atomic mass is 16.5. The fourth-order valence-corrected chi connectivity index (χ4v) is 1.99. The minimum atomic E-state index is -0.470. The van der Waals surface area contributed by atoms with Crippen molar-refractivity contribution >= 4 is 17.3 Å². The van der Waals surface area contributed by atoms with Gasteiger partial charge in [-0.05, 0) is 31.0 Å². The fraction of sp³-hybridized carbons (Fsp3) is 0.417. The van der Waals surface area contributed by atoms with E-state index in [4.69, 9.17) is 16.2 Å². The molecule has 1 saturated carbocycles. The zero-order chi connectivity index (χ0) is 12.4. The maximum atomic E-state index is 11.3. The van der Waals surface area contributed by atoms with Crippen LogP contribution in [0.3, 0.4) is 0 Å². The Morgan fingerprint density at radius 3 is 2.76 bits per heavy atom. The van der Waals surface area contributed by atoms with Crippen molar-refractivity contribution in [2.45, 2.75) is 25.0 Å². The van der Waals surface area contributed by atoms with E-state index in [9.17, 15) is 4.79 Å². The number of primary amides is 1. The molecule has 0 aromatic heterocycles. The normalized spacial score (nSPS) is 22.9. The number of rotatable bonds is 4. The Hall–Kier alpha value is -1.75. The summed E-state index contributed by atoms with van der Waals surface area (Å²) in [6, 6.07) is 5.47. The number of nitrogens with two attached hydrogens (primary N) is 2. The summed E-state index contributed by atoms with van der Waals surface area (Å²) >= 11 is 0. The van der Waals surface area contributed by atoms with Gasteiger partial charge in [0.15, 0.2) is 0 Å². The molecule has 0 heterocycles. The van der Waals surface area contributed by atoms with Crippen molar-refractivity contribution in [1.29, 1.82) is 0 Å². The lowest BCUT2D eigenvalue weighted by atomic mass is 9.89. The number of methoxy groups -OCH3 is 1.